The van der Waals surface area contributed by atoms with Gasteiger partial charge in [0.15, 0.2) is 0 Å². The Kier molecular flexibility index (Phi) is 5.20. The van der Waals surface area contributed by atoms with Gasteiger partial charge in [-0.2, -0.15) is 5.26 Å². The van der Waals surface area contributed by atoms with Gasteiger partial charge in [-0.25, -0.2) is 0 Å². The molecule has 1 aliphatic heterocycles. The van der Waals surface area contributed by atoms with Crippen molar-refractivity contribution in [3.63, 3.8) is 0 Å². The van der Waals surface area contributed by atoms with Gasteiger partial charge in [0.25, 0.3) is 0 Å². The molecule has 1 aromatic carbocycles. The van der Waals surface area contributed by atoms with Crippen molar-refractivity contribution in [2.45, 2.75) is 25.9 Å². The minimum atomic E-state index is 0.408. The Bertz CT molecular complexity index is 447. The molecule has 0 amide bonds. The number of ether oxygens (including phenoxy) is 1. The topological polar surface area (TPSA) is 57.1 Å². The van der Waals surface area contributed by atoms with E-state index in [4.69, 9.17) is 10.00 Å². The van der Waals surface area contributed by atoms with E-state index in [0.29, 0.717) is 6.10 Å². The number of nitriles is 1. The molecular formula is C15H21N3O. The van der Waals surface area contributed by atoms with Gasteiger partial charge in [-0.05, 0) is 56.6 Å². The molecule has 0 atom stereocenters. The van der Waals surface area contributed by atoms with E-state index in [9.17, 15) is 0 Å². The third-order valence-electron chi connectivity index (χ3n) is 3.42. The highest BCUT2D eigenvalue weighted by molar-refractivity contribution is 5.51. The van der Waals surface area contributed by atoms with Crippen LogP contribution >= 0.6 is 0 Å². The molecule has 1 fully saturated rings. The number of hydrogen-bond acceptors (Lipinski definition) is 4. The summed E-state index contributed by atoms with van der Waals surface area (Å²) in [5.74, 6) is 0. The van der Waals surface area contributed by atoms with Crippen LogP contribution in [0, 0.1) is 18.3 Å². The standard InChI is InChI=1S/C15H21N3O/c1-12-10-14(3-2-13(12)11-16)18-8-9-19-15-4-6-17-7-5-15/h2-3,10,15,17-18H,4-9H2,1H3. The summed E-state index contributed by atoms with van der Waals surface area (Å²) in [5, 5.41) is 15.5. The minimum absolute atomic E-state index is 0.408. The lowest BCUT2D eigenvalue weighted by molar-refractivity contribution is 0.0394. The highest BCUT2D eigenvalue weighted by atomic mass is 16.5. The number of nitrogens with zero attached hydrogens (tertiary/aromatic N) is 1. The molecule has 1 aliphatic rings. The first-order valence-electron chi connectivity index (χ1n) is 6.86. The molecule has 0 bridgehead atoms. The summed E-state index contributed by atoms with van der Waals surface area (Å²) < 4.78 is 5.82. The van der Waals surface area contributed by atoms with Gasteiger partial charge >= 0.3 is 0 Å². The summed E-state index contributed by atoms with van der Waals surface area (Å²) in [6.45, 7) is 5.61. The predicted molar refractivity (Wildman–Crippen MR) is 76.2 cm³/mol. The zero-order chi connectivity index (χ0) is 13.5. The molecule has 0 saturated carbocycles. The first-order chi connectivity index (χ1) is 9.29. The van der Waals surface area contributed by atoms with E-state index in [1.165, 1.54) is 0 Å². The number of nitrogens with one attached hydrogen (secondary N) is 2. The van der Waals surface area contributed by atoms with Crippen LogP contribution in [0.4, 0.5) is 5.69 Å². The van der Waals surface area contributed by atoms with E-state index in [1.807, 2.05) is 25.1 Å². The maximum atomic E-state index is 8.87. The van der Waals surface area contributed by atoms with Gasteiger partial charge < -0.3 is 15.4 Å². The Morgan fingerprint density at radius 1 is 1.42 bits per heavy atom. The summed E-state index contributed by atoms with van der Waals surface area (Å²) in [6, 6.07) is 7.97. The molecule has 0 unspecified atom stereocenters. The molecule has 19 heavy (non-hydrogen) atoms. The molecule has 0 aliphatic carbocycles. The van der Waals surface area contributed by atoms with Gasteiger partial charge in [-0.1, -0.05) is 0 Å². The summed E-state index contributed by atoms with van der Waals surface area (Å²) in [7, 11) is 0. The van der Waals surface area contributed by atoms with Crippen LogP contribution in [0.1, 0.15) is 24.0 Å². The number of hydrogen-bond donors (Lipinski definition) is 2. The Morgan fingerprint density at radius 2 is 2.21 bits per heavy atom. The van der Waals surface area contributed by atoms with Crippen molar-refractivity contribution in [1.82, 2.24) is 5.32 Å². The average molecular weight is 259 g/mol. The molecule has 4 nitrogen and oxygen atoms in total. The van der Waals surface area contributed by atoms with Gasteiger partial charge in [0, 0.05) is 12.2 Å². The van der Waals surface area contributed by atoms with E-state index in [-0.39, 0.29) is 0 Å². The van der Waals surface area contributed by atoms with Gasteiger partial charge in [0.05, 0.1) is 24.3 Å². The van der Waals surface area contributed by atoms with Crippen molar-refractivity contribution < 1.29 is 4.74 Å². The fourth-order valence-corrected chi connectivity index (χ4v) is 2.28. The van der Waals surface area contributed by atoms with Gasteiger partial charge in [-0.15, -0.1) is 0 Å². The highest BCUT2D eigenvalue weighted by Gasteiger charge is 2.12. The molecule has 2 rings (SSSR count). The third-order valence-corrected chi connectivity index (χ3v) is 3.42. The summed E-state index contributed by atoms with van der Waals surface area (Å²) >= 11 is 0. The Balaban J connectivity index is 1.70. The number of benzene rings is 1. The number of piperidine rings is 1. The second-order valence-corrected chi connectivity index (χ2v) is 4.89. The molecule has 102 valence electrons. The summed E-state index contributed by atoms with van der Waals surface area (Å²) in [6.07, 6.45) is 2.62. The molecule has 0 radical (unpaired) electrons. The zero-order valence-electron chi connectivity index (χ0n) is 11.4. The first-order valence-corrected chi connectivity index (χ1v) is 6.86. The predicted octanol–water partition coefficient (Wildman–Crippen LogP) is 2.05. The molecule has 1 saturated heterocycles. The lowest BCUT2D eigenvalue weighted by Crippen LogP contribution is -2.33. The van der Waals surface area contributed by atoms with E-state index >= 15 is 0 Å². The smallest absolute Gasteiger partial charge is 0.0994 e. The van der Waals surface area contributed by atoms with E-state index in [1.54, 1.807) is 0 Å². The maximum Gasteiger partial charge on any atom is 0.0994 e. The lowest BCUT2D eigenvalue weighted by atomic mass is 10.1. The van der Waals surface area contributed by atoms with Crippen molar-refractivity contribution in [2.24, 2.45) is 0 Å². The minimum Gasteiger partial charge on any atom is -0.383 e. The normalized spacial score (nSPS) is 16.0. The van der Waals surface area contributed by atoms with Crippen LogP contribution in [0.2, 0.25) is 0 Å². The van der Waals surface area contributed by atoms with Crippen LogP contribution < -0.4 is 10.6 Å². The SMILES string of the molecule is Cc1cc(NCCOC2CCNCC2)ccc1C#N. The fraction of sp³-hybridized carbons (Fsp3) is 0.533. The monoisotopic (exact) mass is 259 g/mol. The largest absolute Gasteiger partial charge is 0.383 e. The van der Waals surface area contributed by atoms with Crippen molar-refractivity contribution in [1.29, 1.82) is 5.26 Å². The molecule has 2 N–H and O–H groups in total. The van der Waals surface area contributed by atoms with Crippen LogP contribution in [0.5, 0.6) is 0 Å². The van der Waals surface area contributed by atoms with Crippen molar-refractivity contribution in [2.75, 3.05) is 31.6 Å². The van der Waals surface area contributed by atoms with E-state index in [2.05, 4.69) is 16.7 Å². The van der Waals surface area contributed by atoms with Crippen molar-refractivity contribution >= 4 is 5.69 Å². The summed E-state index contributed by atoms with van der Waals surface area (Å²) in [4.78, 5) is 0. The maximum absolute atomic E-state index is 8.87. The van der Waals surface area contributed by atoms with Crippen molar-refractivity contribution in [3.05, 3.63) is 29.3 Å². The van der Waals surface area contributed by atoms with Crippen LogP contribution in [-0.2, 0) is 4.74 Å². The molecule has 4 heteroatoms. The second-order valence-electron chi connectivity index (χ2n) is 4.89. The van der Waals surface area contributed by atoms with Crippen LogP contribution in [0.3, 0.4) is 0 Å². The van der Waals surface area contributed by atoms with Crippen molar-refractivity contribution in [3.8, 4) is 6.07 Å². The Morgan fingerprint density at radius 3 is 2.89 bits per heavy atom. The first kappa shape index (κ1) is 13.9. The fourth-order valence-electron chi connectivity index (χ4n) is 2.28. The molecule has 0 spiro atoms. The van der Waals surface area contributed by atoms with Gasteiger partial charge in [0.1, 0.15) is 0 Å². The second kappa shape index (κ2) is 7.13. The van der Waals surface area contributed by atoms with Crippen LogP contribution in [0.15, 0.2) is 18.2 Å². The Labute approximate surface area is 114 Å². The van der Waals surface area contributed by atoms with Gasteiger partial charge in [-0.3, -0.25) is 0 Å². The van der Waals surface area contributed by atoms with Gasteiger partial charge in [0.2, 0.25) is 0 Å². The van der Waals surface area contributed by atoms with Crippen LogP contribution in [0.25, 0.3) is 0 Å². The molecule has 1 aromatic rings. The quantitative estimate of drug-likeness (QED) is 0.795. The van der Waals surface area contributed by atoms with E-state index < -0.39 is 0 Å². The average Bonchev–Trinajstić information content (AvgIpc) is 2.45. The Hall–Kier alpha value is -1.57. The summed E-state index contributed by atoms with van der Waals surface area (Å²) in [5.41, 5.74) is 2.79. The number of anilines is 1. The van der Waals surface area contributed by atoms with E-state index in [0.717, 1.165) is 55.9 Å². The van der Waals surface area contributed by atoms with Crippen LogP contribution in [-0.4, -0.2) is 32.3 Å². The lowest BCUT2D eigenvalue weighted by Gasteiger charge is -2.23. The molecule has 1 heterocycles. The number of aryl methyl sites for hydroxylation is 1. The number of rotatable bonds is 5. The highest BCUT2D eigenvalue weighted by Crippen LogP contribution is 2.14. The third kappa shape index (κ3) is 4.23. The molecular weight excluding hydrogens is 238 g/mol. The zero-order valence-corrected chi connectivity index (χ0v) is 11.4. The molecule has 0 aromatic heterocycles.